The number of rotatable bonds is 7. The Hall–Kier alpha value is -1.57. The van der Waals surface area contributed by atoms with E-state index < -0.39 is 4.92 Å². The topological polar surface area (TPSA) is 93.6 Å². The predicted octanol–water partition coefficient (Wildman–Crippen LogP) is 1.05. The van der Waals surface area contributed by atoms with Crippen molar-refractivity contribution in [3.63, 3.8) is 0 Å². The van der Waals surface area contributed by atoms with Crippen molar-refractivity contribution in [1.82, 2.24) is 10.3 Å². The number of hydrogen-bond donors (Lipinski definition) is 1. The van der Waals surface area contributed by atoms with Crippen LogP contribution in [0.15, 0.2) is 27.1 Å². The molecule has 0 saturated carbocycles. The van der Waals surface area contributed by atoms with Gasteiger partial charge in [-0.05, 0) is 6.42 Å². The number of aliphatic imine (C=N–C) groups is 1. The number of aromatic nitrogens is 1. The van der Waals surface area contributed by atoms with Crippen LogP contribution in [0, 0.1) is 10.1 Å². The van der Waals surface area contributed by atoms with Crippen LogP contribution in [-0.2, 0) is 0 Å². The van der Waals surface area contributed by atoms with Crippen LogP contribution in [0.25, 0.3) is 0 Å². The predicted molar refractivity (Wildman–Crippen MR) is 65.1 cm³/mol. The number of thioether (sulfide) groups is 1. The van der Waals surface area contributed by atoms with Crippen LogP contribution >= 0.6 is 11.8 Å². The third-order valence-electron chi connectivity index (χ3n) is 1.83. The van der Waals surface area contributed by atoms with E-state index in [9.17, 15) is 10.1 Å². The van der Waals surface area contributed by atoms with Crippen molar-refractivity contribution in [1.29, 1.82) is 0 Å². The van der Waals surface area contributed by atoms with Gasteiger partial charge in [0.05, 0.1) is 6.20 Å². The van der Waals surface area contributed by atoms with Gasteiger partial charge in [-0.25, -0.2) is 4.98 Å². The highest BCUT2D eigenvalue weighted by atomic mass is 32.2. The molecule has 0 bridgehead atoms. The number of nitro groups is 1. The molecule has 0 atom stereocenters. The largest absolute Gasteiger partial charge is 0.440 e. The lowest BCUT2D eigenvalue weighted by atomic mass is 10.4. The molecule has 1 aromatic heterocycles. The van der Waals surface area contributed by atoms with Crippen molar-refractivity contribution in [3.8, 4) is 0 Å². The van der Waals surface area contributed by atoms with E-state index in [1.54, 1.807) is 6.20 Å². The van der Waals surface area contributed by atoms with Crippen molar-refractivity contribution in [2.45, 2.75) is 11.6 Å². The minimum Gasteiger partial charge on any atom is -0.440 e. The van der Waals surface area contributed by atoms with Gasteiger partial charge in [0.25, 0.3) is 11.8 Å². The second-order valence-electron chi connectivity index (χ2n) is 3.09. The third-order valence-corrected chi connectivity index (χ3v) is 2.78. The lowest BCUT2D eigenvalue weighted by Crippen LogP contribution is -2.31. The average Bonchev–Trinajstić information content (AvgIpc) is 2.79. The number of amidine groups is 1. The van der Waals surface area contributed by atoms with E-state index in [1.807, 2.05) is 0 Å². The molecule has 1 N–H and O–H groups in total. The van der Waals surface area contributed by atoms with Crippen molar-refractivity contribution < 1.29 is 9.34 Å². The zero-order chi connectivity index (χ0) is 12.5. The monoisotopic (exact) mass is 258 g/mol. The summed E-state index contributed by atoms with van der Waals surface area (Å²) in [5, 5.41) is 13.8. The zero-order valence-electron chi connectivity index (χ0n) is 9.46. The molecule has 0 unspecified atom stereocenters. The van der Waals surface area contributed by atoms with Gasteiger partial charge in [-0.15, -0.1) is 0 Å². The van der Waals surface area contributed by atoms with Gasteiger partial charge in [-0.2, -0.15) is 0 Å². The van der Waals surface area contributed by atoms with Gasteiger partial charge >= 0.3 is 0 Å². The average molecular weight is 258 g/mol. The first kappa shape index (κ1) is 13.5. The summed E-state index contributed by atoms with van der Waals surface area (Å²) in [5.74, 6) is 1.24. The molecule has 0 saturated heterocycles. The Bertz CT molecular complexity index is 366. The van der Waals surface area contributed by atoms with Crippen LogP contribution in [0.2, 0.25) is 0 Å². The fraction of sp³-hybridized carbons (Fsp3) is 0.556. The summed E-state index contributed by atoms with van der Waals surface area (Å²) >= 11 is 1.51. The Balaban J connectivity index is 2.09. The molecule has 0 aliphatic heterocycles. The molecule has 0 aromatic carbocycles. The minimum atomic E-state index is -0.406. The summed E-state index contributed by atoms with van der Waals surface area (Å²) in [5.41, 5.74) is 0. The van der Waals surface area contributed by atoms with E-state index in [0.29, 0.717) is 17.6 Å². The second-order valence-corrected chi connectivity index (χ2v) is 4.13. The lowest BCUT2D eigenvalue weighted by molar-refractivity contribution is -0.463. The molecule has 0 amide bonds. The number of hydrogen-bond acceptors (Lipinski definition) is 6. The molecule has 0 aliphatic carbocycles. The summed E-state index contributed by atoms with van der Waals surface area (Å²) < 4.78 is 5.05. The molecule has 7 nitrogen and oxygen atoms in total. The first-order chi connectivity index (χ1) is 8.22. The highest BCUT2D eigenvalue weighted by Gasteiger charge is 2.05. The van der Waals surface area contributed by atoms with E-state index in [0.717, 1.165) is 12.2 Å². The van der Waals surface area contributed by atoms with E-state index in [-0.39, 0.29) is 6.54 Å². The molecule has 0 aliphatic rings. The van der Waals surface area contributed by atoms with Crippen LogP contribution in [-0.4, -0.2) is 41.6 Å². The first-order valence-corrected chi connectivity index (χ1v) is 6.04. The molecule has 1 aromatic rings. The smallest absolute Gasteiger partial charge is 0.259 e. The van der Waals surface area contributed by atoms with Gasteiger partial charge < -0.3 is 9.73 Å². The maximum atomic E-state index is 10.3. The molecule has 8 heteroatoms. The molecule has 0 spiro atoms. The molecule has 1 heterocycles. The molecule has 17 heavy (non-hydrogen) atoms. The Labute approximate surface area is 103 Å². The van der Waals surface area contributed by atoms with E-state index >= 15 is 0 Å². The van der Waals surface area contributed by atoms with E-state index in [4.69, 9.17) is 4.42 Å². The molecule has 0 radical (unpaired) electrons. The maximum Gasteiger partial charge on any atom is 0.259 e. The summed E-state index contributed by atoms with van der Waals surface area (Å²) in [6.07, 6.45) is 3.98. The van der Waals surface area contributed by atoms with Crippen LogP contribution in [0.3, 0.4) is 0 Å². The Morgan fingerprint density at radius 3 is 3.18 bits per heavy atom. The quantitative estimate of drug-likeness (QED) is 0.196. The maximum absolute atomic E-state index is 10.3. The molecule has 94 valence electrons. The van der Waals surface area contributed by atoms with Crippen LogP contribution < -0.4 is 5.32 Å². The summed E-state index contributed by atoms with van der Waals surface area (Å²) in [6.45, 7) is 0.387. The second kappa shape index (κ2) is 7.66. The fourth-order valence-corrected chi connectivity index (χ4v) is 1.80. The molecular formula is C9H14N4O3S. The van der Waals surface area contributed by atoms with Crippen molar-refractivity contribution in [2.75, 3.05) is 25.9 Å². The SMILES string of the molecule is CN=C(C[N+](=O)[O-])NCCCSc1ncco1. The normalized spacial score (nSPS) is 11.5. The van der Waals surface area contributed by atoms with E-state index in [1.165, 1.54) is 25.1 Å². The molecule has 0 fully saturated rings. The van der Waals surface area contributed by atoms with Gasteiger partial charge in [0.15, 0.2) is 5.84 Å². The number of nitrogens with one attached hydrogen (secondary N) is 1. The van der Waals surface area contributed by atoms with Gasteiger partial charge in [0, 0.05) is 24.3 Å². The third kappa shape index (κ3) is 5.91. The fourth-order valence-electron chi connectivity index (χ4n) is 1.07. The van der Waals surface area contributed by atoms with Crippen molar-refractivity contribution in [2.24, 2.45) is 4.99 Å². The van der Waals surface area contributed by atoms with Gasteiger partial charge in [0.2, 0.25) is 0 Å². The van der Waals surface area contributed by atoms with Crippen LogP contribution in [0.5, 0.6) is 0 Å². The summed E-state index contributed by atoms with van der Waals surface area (Å²) in [7, 11) is 1.54. The Morgan fingerprint density at radius 2 is 2.59 bits per heavy atom. The Morgan fingerprint density at radius 1 is 1.76 bits per heavy atom. The highest BCUT2D eigenvalue weighted by molar-refractivity contribution is 7.99. The van der Waals surface area contributed by atoms with Crippen molar-refractivity contribution in [3.05, 3.63) is 22.6 Å². The van der Waals surface area contributed by atoms with Gasteiger partial charge in [-0.1, -0.05) is 11.8 Å². The molecular weight excluding hydrogens is 244 g/mol. The van der Waals surface area contributed by atoms with Gasteiger partial charge in [0.1, 0.15) is 6.26 Å². The van der Waals surface area contributed by atoms with E-state index in [2.05, 4.69) is 15.3 Å². The summed E-state index contributed by atoms with van der Waals surface area (Å²) in [6, 6.07) is 0. The zero-order valence-corrected chi connectivity index (χ0v) is 10.3. The first-order valence-electron chi connectivity index (χ1n) is 5.06. The summed E-state index contributed by atoms with van der Waals surface area (Å²) in [4.78, 5) is 17.6. The van der Waals surface area contributed by atoms with Crippen LogP contribution in [0.4, 0.5) is 0 Å². The standard InChI is InChI=1S/C9H14N4O3S/c1-10-8(7-13(14)15)11-3-2-6-17-9-12-4-5-16-9/h4-5H,2-3,6-7H2,1H3,(H,10,11). The van der Waals surface area contributed by atoms with Crippen LogP contribution in [0.1, 0.15) is 6.42 Å². The number of nitrogens with zero attached hydrogens (tertiary/aromatic N) is 3. The van der Waals surface area contributed by atoms with Gasteiger partial charge in [-0.3, -0.25) is 15.1 Å². The Kier molecular flexibility index (Phi) is 6.08. The van der Waals surface area contributed by atoms with Crippen molar-refractivity contribution >= 4 is 17.6 Å². The highest BCUT2D eigenvalue weighted by Crippen LogP contribution is 2.14. The lowest BCUT2D eigenvalue weighted by Gasteiger charge is -2.04. The molecule has 1 rings (SSSR count). The number of oxazole rings is 1. The minimum absolute atomic E-state index is 0.261.